The van der Waals surface area contributed by atoms with Gasteiger partial charge in [-0.3, -0.25) is 9.89 Å². The molecule has 0 spiro atoms. The second kappa shape index (κ2) is 6.02. The number of nitrogens with zero attached hydrogens (tertiary/aromatic N) is 3. The predicted molar refractivity (Wildman–Crippen MR) is 88.4 cm³/mol. The average Bonchev–Trinajstić information content (AvgIpc) is 2.84. The minimum absolute atomic E-state index is 0.0611. The third-order valence-corrected chi connectivity index (χ3v) is 4.47. The van der Waals surface area contributed by atoms with Crippen LogP contribution in [-0.2, 0) is 11.2 Å². The number of likely N-dealkylation sites (N-methyl/N-ethyl adjacent to an activating group) is 1. The monoisotopic (exact) mass is 316 g/mol. The topological polar surface area (TPSA) is 52.2 Å². The van der Waals surface area contributed by atoms with Gasteiger partial charge in [0.2, 0.25) is 5.91 Å². The molecule has 2 aromatic rings. The molecule has 1 N–H and O–H groups in total. The number of rotatable bonds is 3. The van der Waals surface area contributed by atoms with Crippen molar-refractivity contribution in [1.82, 2.24) is 10.2 Å². The van der Waals surface area contributed by atoms with E-state index in [0.717, 1.165) is 28.3 Å². The number of aryl methyl sites for hydroxylation is 2. The fraction of sp³-hybridized carbons (Fsp3) is 0.412. The van der Waals surface area contributed by atoms with Crippen LogP contribution in [0.4, 0.5) is 15.8 Å². The van der Waals surface area contributed by atoms with Crippen LogP contribution in [0.25, 0.3) is 0 Å². The number of hydrogen-bond donors (Lipinski definition) is 1. The number of aromatic nitrogens is 2. The number of carbonyl (C=O) groups is 1. The lowest BCUT2D eigenvalue weighted by Gasteiger charge is -2.35. The normalized spacial score (nSPS) is 14.1. The largest absolute Gasteiger partial charge is 0.371 e. The van der Waals surface area contributed by atoms with Crippen LogP contribution in [0.1, 0.15) is 23.4 Å². The Morgan fingerprint density at radius 2 is 2.09 bits per heavy atom. The maximum Gasteiger partial charge on any atom is 0.227 e. The van der Waals surface area contributed by atoms with Gasteiger partial charge in [-0.05, 0) is 44.0 Å². The molecule has 0 saturated heterocycles. The van der Waals surface area contributed by atoms with Gasteiger partial charge in [0.15, 0.2) is 0 Å². The summed E-state index contributed by atoms with van der Waals surface area (Å²) in [5, 5.41) is 7.11. The van der Waals surface area contributed by atoms with Crippen molar-refractivity contribution in [3.05, 3.63) is 41.0 Å². The maximum absolute atomic E-state index is 13.5. The van der Waals surface area contributed by atoms with Crippen molar-refractivity contribution >= 4 is 17.3 Å². The van der Waals surface area contributed by atoms with Crippen molar-refractivity contribution < 1.29 is 9.18 Å². The molecule has 0 unspecified atom stereocenters. The lowest BCUT2D eigenvalue weighted by atomic mass is 10.1. The number of nitrogens with one attached hydrogen (secondary N) is 1. The van der Waals surface area contributed by atoms with Gasteiger partial charge < -0.3 is 9.80 Å². The summed E-state index contributed by atoms with van der Waals surface area (Å²) in [7, 11) is 1.91. The van der Waals surface area contributed by atoms with E-state index in [4.69, 9.17) is 0 Å². The van der Waals surface area contributed by atoms with Crippen molar-refractivity contribution in [2.45, 2.75) is 26.7 Å². The molecule has 5 nitrogen and oxygen atoms in total. The highest BCUT2D eigenvalue weighted by Gasteiger charge is 2.25. The Morgan fingerprint density at radius 3 is 2.78 bits per heavy atom. The number of halogens is 1. The first-order valence-corrected chi connectivity index (χ1v) is 7.79. The Labute approximate surface area is 135 Å². The van der Waals surface area contributed by atoms with Gasteiger partial charge in [0, 0.05) is 32.3 Å². The summed E-state index contributed by atoms with van der Waals surface area (Å²) in [5.41, 5.74) is 4.60. The molecule has 0 bridgehead atoms. The third kappa shape index (κ3) is 2.93. The first-order valence-electron chi connectivity index (χ1n) is 7.79. The summed E-state index contributed by atoms with van der Waals surface area (Å²) in [4.78, 5) is 16.4. The van der Waals surface area contributed by atoms with Gasteiger partial charge in [0.25, 0.3) is 0 Å². The lowest BCUT2D eigenvalue weighted by molar-refractivity contribution is -0.118. The SMILES string of the molecule is Cc1n[nH]c(C)c1CCC(=O)N1CCN(C)c2cc(F)ccc21. The highest BCUT2D eigenvalue weighted by Crippen LogP contribution is 2.33. The van der Waals surface area contributed by atoms with Gasteiger partial charge >= 0.3 is 0 Å². The zero-order valence-corrected chi connectivity index (χ0v) is 13.7. The Kier molecular flexibility index (Phi) is 4.07. The predicted octanol–water partition coefficient (Wildman–Crippen LogP) is 2.58. The number of anilines is 2. The highest BCUT2D eigenvalue weighted by molar-refractivity contribution is 5.97. The molecule has 0 fully saturated rings. The molecule has 6 heteroatoms. The van der Waals surface area contributed by atoms with Crippen LogP contribution in [0.3, 0.4) is 0 Å². The van der Waals surface area contributed by atoms with E-state index in [0.29, 0.717) is 25.9 Å². The minimum Gasteiger partial charge on any atom is -0.371 e. The van der Waals surface area contributed by atoms with E-state index in [-0.39, 0.29) is 11.7 Å². The summed E-state index contributed by atoms with van der Waals surface area (Å²) in [6, 6.07) is 4.58. The standard InChI is InChI=1S/C17H21FN4O/c1-11-14(12(2)20-19-11)5-7-17(23)22-9-8-21(3)16-10-13(18)4-6-15(16)22/h4,6,10H,5,7-9H2,1-3H3,(H,19,20). The van der Waals surface area contributed by atoms with E-state index < -0.39 is 0 Å². The van der Waals surface area contributed by atoms with Crippen LogP contribution in [0.5, 0.6) is 0 Å². The molecule has 1 aliphatic heterocycles. The van der Waals surface area contributed by atoms with E-state index in [1.807, 2.05) is 25.8 Å². The number of H-pyrrole nitrogens is 1. The molecule has 0 aliphatic carbocycles. The molecule has 1 aromatic carbocycles. The Balaban J connectivity index is 1.77. The Hall–Kier alpha value is -2.37. The molecule has 1 aromatic heterocycles. The molecule has 0 atom stereocenters. The van der Waals surface area contributed by atoms with Crippen molar-refractivity contribution in [3.63, 3.8) is 0 Å². The summed E-state index contributed by atoms with van der Waals surface area (Å²) >= 11 is 0. The van der Waals surface area contributed by atoms with Gasteiger partial charge in [-0.1, -0.05) is 0 Å². The van der Waals surface area contributed by atoms with Crippen LogP contribution < -0.4 is 9.80 Å². The number of aromatic amines is 1. The molecule has 23 heavy (non-hydrogen) atoms. The second-order valence-electron chi connectivity index (χ2n) is 6.01. The first kappa shape index (κ1) is 15.5. The zero-order chi connectivity index (χ0) is 16.6. The molecule has 1 amide bonds. The molecule has 3 rings (SSSR count). The fourth-order valence-electron chi connectivity index (χ4n) is 3.09. The van der Waals surface area contributed by atoms with Gasteiger partial charge in [-0.25, -0.2) is 4.39 Å². The van der Waals surface area contributed by atoms with E-state index in [1.54, 1.807) is 11.0 Å². The van der Waals surface area contributed by atoms with E-state index in [2.05, 4.69) is 10.2 Å². The lowest BCUT2D eigenvalue weighted by Crippen LogP contribution is -2.42. The molecule has 122 valence electrons. The molecule has 0 saturated carbocycles. The minimum atomic E-state index is -0.283. The van der Waals surface area contributed by atoms with Crippen molar-refractivity contribution in [3.8, 4) is 0 Å². The Morgan fingerprint density at radius 1 is 1.30 bits per heavy atom. The van der Waals surface area contributed by atoms with Crippen LogP contribution in [0, 0.1) is 19.7 Å². The molecular weight excluding hydrogens is 295 g/mol. The summed E-state index contributed by atoms with van der Waals surface area (Å²) in [5.74, 6) is -0.222. The van der Waals surface area contributed by atoms with E-state index in [9.17, 15) is 9.18 Å². The van der Waals surface area contributed by atoms with Crippen molar-refractivity contribution in [2.75, 3.05) is 29.9 Å². The average molecular weight is 316 g/mol. The fourth-order valence-corrected chi connectivity index (χ4v) is 3.09. The van der Waals surface area contributed by atoms with E-state index in [1.165, 1.54) is 12.1 Å². The van der Waals surface area contributed by atoms with Crippen LogP contribution in [0.15, 0.2) is 18.2 Å². The van der Waals surface area contributed by atoms with Gasteiger partial charge in [-0.15, -0.1) is 0 Å². The summed E-state index contributed by atoms with van der Waals surface area (Å²) in [6.07, 6.45) is 1.08. The van der Waals surface area contributed by atoms with Crippen molar-refractivity contribution in [1.29, 1.82) is 0 Å². The van der Waals surface area contributed by atoms with Gasteiger partial charge in [0.05, 0.1) is 17.1 Å². The first-order chi connectivity index (χ1) is 11.0. The number of carbonyl (C=O) groups excluding carboxylic acids is 1. The van der Waals surface area contributed by atoms with Crippen LogP contribution in [0.2, 0.25) is 0 Å². The quantitative estimate of drug-likeness (QED) is 0.947. The van der Waals surface area contributed by atoms with Crippen LogP contribution in [-0.4, -0.2) is 36.2 Å². The highest BCUT2D eigenvalue weighted by atomic mass is 19.1. The zero-order valence-electron chi connectivity index (χ0n) is 13.7. The maximum atomic E-state index is 13.5. The van der Waals surface area contributed by atoms with E-state index >= 15 is 0 Å². The number of fused-ring (bicyclic) bond motifs is 1. The number of hydrogen-bond acceptors (Lipinski definition) is 3. The summed E-state index contributed by atoms with van der Waals surface area (Å²) in [6.45, 7) is 5.23. The Bertz CT molecular complexity index is 721. The number of benzene rings is 1. The molecular formula is C17H21FN4O. The van der Waals surface area contributed by atoms with Gasteiger partial charge in [-0.2, -0.15) is 5.10 Å². The summed E-state index contributed by atoms with van der Waals surface area (Å²) < 4.78 is 13.5. The van der Waals surface area contributed by atoms with Crippen molar-refractivity contribution in [2.24, 2.45) is 0 Å². The smallest absolute Gasteiger partial charge is 0.227 e. The third-order valence-electron chi connectivity index (χ3n) is 4.47. The second-order valence-corrected chi connectivity index (χ2v) is 6.01. The number of amides is 1. The molecule has 1 aliphatic rings. The van der Waals surface area contributed by atoms with Gasteiger partial charge in [0.1, 0.15) is 5.82 Å². The molecule has 0 radical (unpaired) electrons. The molecule has 2 heterocycles. The van der Waals surface area contributed by atoms with Crippen LogP contribution >= 0.6 is 0 Å².